The molecule has 7 heteroatoms. The van der Waals surface area contributed by atoms with Gasteiger partial charge in [0.1, 0.15) is 6.04 Å². The number of esters is 1. The van der Waals surface area contributed by atoms with Crippen LogP contribution in [0.2, 0.25) is 0 Å². The second kappa shape index (κ2) is 33.4. The molecule has 0 bridgehead atoms. The Bertz CT molecular complexity index is 943. The minimum atomic E-state index is -0.372. The second-order valence-corrected chi connectivity index (χ2v) is 17.9. The molecule has 0 aromatic rings. The lowest BCUT2D eigenvalue weighted by atomic mass is 9.99. The molecule has 0 aromatic carbocycles. The van der Waals surface area contributed by atoms with E-state index in [2.05, 4.69) is 37.9 Å². The van der Waals surface area contributed by atoms with E-state index in [1.165, 1.54) is 116 Å². The molecule has 7 nitrogen and oxygen atoms in total. The van der Waals surface area contributed by atoms with Crippen LogP contribution in [0.25, 0.3) is 0 Å². The summed E-state index contributed by atoms with van der Waals surface area (Å²) in [6, 6.07) is -0.130. The number of ether oxygens (including phenoxy) is 1. The molecule has 1 aliphatic heterocycles. The van der Waals surface area contributed by atoms with Crippen molar-refractivity contribution in [3.8, 4) is 0 Å². The fourth-order valence-corrected chi connectivity index (χ4v) is 8.72. The second-order valence-electron chi connectivity index (χ2n) is 17.9. The molecule has 55 heavy (non-hydrogen) atoms. The fraction of sp³-hybridized carbons (Fsp3) is 0.938. The summed E-state index contributed by atoms with van der Waals surface area (Å²) >= 11 is 0. The van der Waals surface area contributed by atoms with E-state index in [1.807, 2.05) is 4.90 Å². The predicted molar refractivity (Wildman–Crippen MR) is 232 cm³/mol. The third kappa shape index (κ3) is 24.7. The Labute approximate surface area is 341 Å². The third-order valence-corrected chi connectivity index (χ3v) is 12.9. The van der Waals surface area contributed by atoms with Gasteiger partial charge in [0, 0.05) is 32.0 Å². The lowest BCUT2D eigenvalue weighted by molar-refractivity contribution is -0.145. The largest absolute Gasteiger partial charge is 0.465 e. The van der Waals surface area contributed by atoms with Gasteiger partial charge >= 0.3 is 5.97 Å². The first-order valence-electron chi connectivity index (χ1n) is 24.4. The Morgan fingerprint density at radius 1 is 0.655 bits per heavy atom. The Balaban J connectivity index is 1.91. The maximum Gasteiger partial charge on any atom is 0.305 e. The van der Waals surface area contributed by atoms with Crippen LogP contribution in [-0.4, -0.2) is 72.5 Å². The zero-order valence-corrected chi connectivity index (χ0v) is 37.0. The van der Waals surface area contributed by atoms with Gasteiger partial charge in [0.15, 0.2) is 0 Å². The number of nitrogens with zero attached hydrogens (tertiary/aromatic N) is 2. The standard InChI is InChI=1S/C48H91N3O4/c1-5-8-10-11-12-13-14-15-16-17-19-26-32-45(48(54)49-44-30-24-22-23-25-31-44)51(40-39-50-37-35-42(4)36-38-50)46(52)33-27-20-18-21-28-34-47(53)55-41-43(7-3)29-9-6-2/h42-45H,5-41H2,1-4H3,(H,49,54). The molecule has 1 saturated carbocycles. The highest BCUT2D eigenvalue weighted by molar-refractivity contribution is 5.87. The van der Waals surface area contributed by atoms with E-state index in [0.29, 0.717) is 31.9 Å². The van der Waals surface area contributed by atoms with Gasteiger partial charge in [-0.1, -0.05) is 169 Å². The van der Waals surface area contributed by atoms with Crippen LogP contribution in [0.1, 0.15) is 233 Å². The average molecular weight is 774 g/mol. The highest BCUT2D eigenvalue weighted by Crippen LogP contribution is 2.22. The number of nitrogens with one attached hydrogen (secondary N) is 1. The summed E-state index contributed by atoms with van der Waals surface area (Å²) in [4.78, 5) is 45.2. The van der Waals surface area contributed by atoms with Gasteiger partial charge in [0.05, 0.1) is 6.61 Å². The van der Waals surface area contributed by atoms with E-state index in [-0.39, 0.29) is 29.9 Å². The molecule has 1 N–H and O–H groups in total. The van der Waals surface area contributed by atoms with Crippen molar-refractivity contribution < 1.29 is 19.1 Å². The van der Waals surface area contributed by atoms with E-state index < -0.39 is 0 Å². The van der Waals surface area contributed by atoms with Crippen LogP contribution in [0.15, 0.2) is 0 Å². The lowest BCUT2D eigenvalue weighted by Crippen LogP contribution is -2.53. The van der Waals surface area contributed by atoms with Gasteiger partial charge in [0.2, 0.25) is 11.8 Å². The van der Waals surface area contributed by atoms with Gasteiger partial charge in [0.25, 0.3) is 0 Å². The highest BCUT2D eigenvalue weighted by Gasteiger charge is 2.31. The molecule has 2 fully saturated rings. The molecule has 2 atom stereocenters. The van der Waals surface area contributed by atoms with Crippen molar-refractivity contribution >= 4 is 17.8 Å². The number of carbonyl (C=O) groups is 3. The molecule has 2 rings (SSSR count). The molecule has 2 amide bonds. The van der Waals surface area contributed by atoms with Gasteiger partial charge in [-0.3, -0.25) is 14.4 Å². The van der Waals surface area contributed by atoms with Gasteiger partial charge in [-0.2, -0.15) is 0 Å². The lowest BCUT2D eigenvalue weighted by Gasteiger charge is -2.36. The Kier molecular flexibility index (Phi) is 30.0. The van der Waals surface area contributed by atoms with Crippen LogP contribution in [0.3, 0.4) is 0 Å². The van der Waals surface area contributed by atoms with Crippen LogP contribution >= 0.6 is 0 Å². The number of hydrogen-bond acceptors (Lipinski definition) is 5. The van der Waals surface area contributed by atoms with Crippen molar-refractivity contribution in [2.75, 3.05) is 32.8 Å². The molecular formula is C48H91N3O4. The quantitative estimate of drug-likeness (QED) is 0.0408. The third-order valence-electron chi connectivity index (χ3n) is 12.9. The molecule has 0 radical (unpaired) electrons. The molecule has 0 spiro atoms. The normalized spacial score (nSPS) is 17.1. The molecule has 1 aliphatic carbocycles. The first-order chi connectivity index (χ1) is 26.9. The maximum absolute atomic E-state index is 14.2. The molecule has 1 heterocycles. The number of amides is 2. The van der Waals surface area contributed by atoms with E-state index in [9.17, 15) is 14.4 Å². The number of likely N-dealkylation sites (tertiary alicyclic amines) is 1. The summed E-state index contributed by atoms with van der Waals surface area (Å²) in [6.07, 6.45) is 36.0. The zero-order valence-electron chi connectivity index (χ0n) is 37.0. The number of rotatable bonds is 33. The summed E-state index contributed by atoms with van der Waals surface area (Å²) in [5, 5.41) is 3.47. The topological polar surface area (TPSA) is 79.0 Å². The fourth-order valence-electron chi connectivity index (χ4n) is 8.72. The molecule has 2 aliphatic rings. The summed E-state index contributed by atoms with van der Waals surface area (Å²) in [5.41, 5.74) is 0. The summed E-state index contributed by atoms with van der Waals surface area (Å²) < 4.78 is 5.59. The molecule has 1 saturated heterocycles. The highest BCUT2D eigenvalue weighted by atomic mass is 16.5. The molecule has 322 valence electrons. The monoisotopic (exact) mass is 774 g/mol. The minimum absolute atomic E-state index is 0.0646. The van der Waals surface area contributed by atoms with Gasteiger partial charge in [-0.25, -0.2) is 0 Å². The van der Waals surface area contributed by atoms with Crippen molar-refractivity contribution in [2.45, 2.75) is 245 Å². The Morgan fingerprint density at radius 2 is 1.20 bits per heavy atom. The van der Waals surface area contributed by atoms with E-state index >= 15 is 0 Å². The SMILES string of the molecule is CCCCCCCCCCCCCCC(C(=O)NC1CCCCCC1)N(CCN1CCC(C)CC1)C(=O)CCCCCCCC(=O)OCC(CC)CCCC. The van der Waals surface area contributed by atoms with Gasteiger partial charge in [-0.15, -0.1) is 0 Å². The zero-order chi connectivity index (χ0) is 39.8. The average Bonchev–Trinajstić information content (AvgIpc) is 3.46. The minimum Gasteiger partial charge on any atom is -0.465 e. The van der Waals surface area contributed by atoms with Crippen LogP contribution in [0, 0.1) is 11.8 Å². The summed E-state index contributed by atoms with van der Waals surface area (Å²) in [5.74, 6) is 1.44. The first-order valence-corrected chi connectivity index (χ1v) is 24.4. The van der Waals surface area contributed by atoms with Crippen molar-refractivity contribution in [1.82, 2.24) is 15.1 Å². The van der Waals surface area contributed by atoms with Gasteiger partial charge in [-0.05, 0) is 76.3 Å². The summed E-state index contributed by atoms with van der Waals surface area (Å²) in [7, 11) is 0. The summed E-state index contributed by atoms with van der Waals surface area (Å²) in [6.45, 7) is 13.3. The molecular weight excluding hydrogens is 683 g/mol. The number of piperidine rings is 1. The van der Waals surface area contributed by atoms with Crippen molar-refractivity contribution in [1.29, 1.82) is 0 Å². The number of unbranched alkanes of at least 4 members (excludes halogenated alkanes) is 16. The van der Waals surface area contributed by atoms with E-state index in [4.69, 9.17) is 4.74 Å². The predicted octanol–water partition coefficient (Wildman–Crippen LogP) is 12.3. The maximum atomic E-state index is 14.2. The van der Waals surface area contributed by atoms with Crippen molar-refractivity contribution in [3.05, 3.63) is 0 Å². The van der Waals surface area contributed by atoms with E-state index in [0.717, 1.165) is 103 Å². The van der Waals surface area contributed by atoms with Crippen LogP contribution < -0.4 is 5.32 Å². The van der Waals surface area contributed by atoms with Crippen LogP contribution in [-0.2, 0) is 19.1 Å². The number of hydrogen-bond donors (Lipinski definition) is 1. The van der Waals surface area contributed by atoms with Gasteiger partial charge < -0.3 is 19.9 Å². The van der Waals surface area contributed by atoms with Crippen molar-refractivity contribution in [3.63, 3.8) is 0 Å². The van der Waals surface area contributed by atoms with Crippen molar-refractivity contribution in [2.24, 2.45) is 11.8 Å². The smallest absolute Gasteiger partial charge is 0.305 e. The Hall–Kier alpha value is -1.63. The van der Waals surface area contributed by atoms with Crippen LogP contribution in [0.4, 0.5) is 0 Å². The number of carbonyl (C=O) groups excluding carboxylic acids is 3. The Morgan fingerprint density at radius 3 is 1.78 bits per heavy atom. The molecule has 0 aromatic heterocycles. The molecule has 2 unspecified atom stereocenters. The van der Waals surface area contributed by atoms with Crippen LogP contribution in [0.5, 0.6) is 0 Å². The first kappa shape index (κ1) is 49.5. The van der Waals surface area contributed by atoms with E-state index in [1.54, 1.807) is 0 Å².